The Kier molecular flexibility index (Phi) is 3.70. The van der Waals surface area contributed by atoms with Crippen molar-refractivity contribution in [3.05, 3.63) is 52.5 Å². The lowest BCUT2D eigenvalue weighted by Crippen LogP contribution is -2.21. The van der Waals surface area contributed by atoms with Crippen molar-refractivity contribution in [2.45, 2.75) is 32.8 Å². The number of ether oxygens (including phenoxy) is 2. The Morgan fingerprint density at radius 2 is 2.04 bits per heavy atom. The van der Waals surface area contributed by atoms with Crippen molar-refractivity contribution in [2.24, 2.45) is 5.73 Å². The highest BCUT2D eigenvalue weighted by molar-refractivity contribution is 5.55. The molecule has 0 spiro atoms. The number of nitrogens with zero attached hydrogens (tertiary/aromatic N) is 2. The lowest BCUT2D eigenvalue weighted by atomic mass is 9.84. The average molecular weight is 310 g/mol. The van der Waals surface area contributed by atoms with Gasteiger partial charge >= 0.3 is 0 Å². The van der Waals surface area contributed by atoms with Crippen LogP contribution in [0.25, 0.3) is 0 Å². The van der Waals surface area contributed by atoms with Crippen molar-refractivity contribution in [3.63, 3.8) is 0 Å². The number of aromatic amines is 1. The van der Waals surface area contributed by atoms with E-state index in [1.165, 1.54) is 0 Å². The highest BCUT2D eigenvalue weighted by atomic mass is 16.5. The zero-order valence-electron chi connectivity index (χ0n) is 13.3. The van der Waals surface area contributed by atoms with E-state index in [4.69, 9.17) is 15.2 Å². The first-order valence-electron chi connectivity index (χ1n) is 7.40. The van der Waals surface area contributed by atoms with Crippen LogP contribution in [0, 0.1) is 18.3 Å². The van der Waals surface area contributed by atoms with Gasteiger partial charge in [-0.1, -0.05) is 12.1 Å². The number of nitriles is 1. The van der Waals surface area contributed by atoms with Gasteiger partial charge in [0.25, 0.3) is 0 Å². The molecule has 1 aliphatic rings. The molecule has 0 unspecified atom stereocenters. The fourth-order valence-corrected chi connectivity index (χ4v) is 2.74. The van der Waals surface area contributed by atoms with E-state index < -0.39 is 0 Å². The third-order valence-corrected chi connectivity index (χ3v) is 3.71. The first-order valence-corrected chi connectivity index (χ1v) is 7.40. The second kappa shape index (κ2) is 5.69. The molecule has 0 aliphatic carbocycles. The summed E-state index contributed by atoms with van der Waals surface area (Å²) >= 11 is 0. The fourth-order valence-electron chi connectivity index (χ4n) is 2.74. The molecule has 0 radical (unpaired) electrons. The van der Waals surface area contributed by atoms with Crippen LogP contribution in [0.3, 0.4) is 0 Å². The summed E-state index contributed by atoms with van der Waals surface area (Å²) in [5, 5.41) is 16.5. The monoisotopic (exact) mass is 310 g/mol. The largest absolute Gasteiger partial charge is 0.491 e. The molecule has 3 N–H and O–H groups in total. The maximum atomic E-state index is 9.50. The van der Waals surface area contributed by atoms with Crippen molar-refractivity contribution in [1.82, 2.24) is 10.2 Å². The van der Waals surface area contributed by atoms with Gasteiger partial charge in [-0.05, 0) is 38.5 Å². The predicted molar refractivity (Wildman–Crippen MR) is 84.8 cm³/mol. The van der Waals surface area contributed by atoms with Crippen molar-refractivity contribution < 1.29 is 9.47 Å². The van der Waals surface area contributed by atoms with E-state index in [1.807, 2.05) is 45.0 Å². The SMILES string of the molecule is Cc1[nH]nc2c1[C@H](c1ccc(OC(C)C)cc1)C(C#N)=C(N)O2. The van der Waals surface area contributed by atoms with Crippen molar-refractivity contribution in [3.8, 4) is 17.7 Å². The molecule has 6 heteroatoms. The Bertz CT molecular complexity index is 797. The smallest absolute Gasteiger partial charge is 0.244 e. The van der Waals surface area contributed by atoms with Crippen LogP contribution in [0.5, 0.6) is 11.6 Å². The molecular formula is C17H18N4O2. The molecule has 0 amide bonds. The van der Waals surface area contributed by atoms with Gasteiger partial charge in [0.15, 0.2) is 0 Å². The molecule has 1 aliphatic heterocycles. The maximum absolute atomic E-state index is 9.50. The van der Waals surface area contributed by atoms with E-state index in [-0.39, 0.29) is 17.9 Å². The van der Waals surface area contributed by atoms with Gasteiger partial charge in [0.2, 0.25) is 11.8 Å². The molecular weight excluding hydrogens is 292 g/mol. The summed E-state index contributed by atoms with van der Waals surface area (Å²) < 4.78 is 11.1. The van der Waals surface area contributed by atoms with E-state index in [9.17, 15) is 5.26 Å². The summed E-state index contributed by atoms with van der Waals surface area (Å²) in [4.78, 5) is 0. The van der Waals surface area contributed by atoms with Crippen LogP contribution in [0.15, 0.2) is 35.7 Å². The van der Waals surface area contributed by atoms with Crippen LogP contribution in [-0.4, -0.2) is 16.3 Å². The highest BCUT2D eigenvalue weighted by Gasteiger charge is 2.34. The minimum atomic E-state index is -0.296. The van der Waals surface area contributed by atoms with Crippen LogP contribution in [0.1, 0.15) is 36.6 Å². The highest BCUT2D eigenvalue weighted by Crippen LogP contribution is 2.42. The number of nitrogens with two attached hydrogens (primary N) is 1. The van der Waals surface area contributed by atoms with Crippen molar-refractivity contribution >= 4 is 0 Å². The van der Waals surface area contributed by atoms with Gasteiger partial charge in [-0.2, -0.15) is 5.26 Å². The standard InChI is InChI=1S/C17H18N4O2/c1-9(2)22-12-6-4-11(5-7-12)15-13(8-18)16(19)23-17-14(15)10(3)20-21-17/h4-7,9,15H,19H2,1-3H3,(H,20,21)/t15-/m1/s1. The molecule has 2 aromatic rings. The summed E-state index contributed by atoms with van der Waals surface area (Å²) in [5.41, 5.74) is 8.92. The number of hydrogen-bond acceptors (Lipinski definition) is 5. The summed E-state index contributed by atoms with van der Waals surface area (Å²) in [6.45, 7) is 5.85. The maximum Gasteiger partial charge on any atom is 0.244 e. The molecule has 0 saturated carbocycles. The fraction of sp³-hybridized carbons (Fsp3) is 0.294. The number of aromatic nitrogens is 2. The Morgan fingerprint density at radius 1 is 1.35 bits per heavy atom. The van der Waals surface area contributed by atoms with Gasteiger partial charge in [-0.25, -0.2) is 0 Å². The van der Waals surface area contributed by atoms with Crippen LogP contribution in [0.2, 0.25) is 0 Å². The number of H-pyrrole nitrogens is 1. The van der Waals surface area contributed by atoms with E-state index in [0.29, 0.717) is 11.5 Å². The van der Waals surface area contributed by atoms with Gasteiger partial charge in [0.1, 0.15) is 17.4 Å². The summed E-state index contributed by atoms with van der Waals surface area (Å²) in [6, 6.07) is 9.83. The summed E-state index contributed by atoms with van der Waals surface area (Å²) in [6.07, 6.45) is 0.108. The van der Waals surface area contributed by atoms with Gasteiger partial charge in [-0.15, -0.1) is 5.10 Å². The molecule has 6 nitrogen and oxygen atoms in total. The number of fused-ring (bicyclic) bond motifs is 1. The topological polar surface area (TPSA) is 97.0 Å². The van der Waals surface area contributed by atoms with Crippen LogP contribution in [-0.2, 0) is 0 Å². The molecule has 0 bridgehead atoms. The number of benzene rings is 1. The molecule has 3 rings (SSSR count). The molecule has 1 atom stereocenters. The second-order valence-corrected chi connectivity index (χ2v) is 5.73. The molecule has 0 fully saturated rings. The van der Waals surface area contributed by atoms with E-state index in [0.717, 1.165) is 22.6 Å². The second-order valence-electron chi connectivity index (χ2n) is 5.73. The van der Waals surface area contributed by atoms with Crippen molar-refractivity contribution in [2.75, 3.05) is 0 Å². The van der Waals surface area contributed by atoms with Gasteiger partial charge in [0.05, 0.1) is 12.0 Å². The van der Waals surface area contributed by atoms with Crippen LogP contribution < -0.4 is 15.2 Å². The quantitative estimate of drug-likeness (QED) is 0.908. The minimum absolute atomic E-state index is 0.0963. The van der Waals surface area contributed by atoms with Gasteiger partial charge in [0, 0.05) is 11.3 Å². The molecule has 2 heterocycles. The summed E-state index contributed by atoms with van der Waals surface area (Å²) in [5.74, 6) is 1.01. The predicted octanol–water partition coefficient (Wildman–Crippen LogP) is 2.72. The minimum Gasteiger partial charge on any atom is -0.491 e. The Hall–Kier alpha value is -2.94. The molecule has 0 saturated heterocycles. The normalized spacial score (nSPS) is 16.7. The van der Waals surface area contributed by atoms with Gasteiger partial charge in [-0.3, -0.25) is 5.10 Å². The number of nitrogens with one attached hydrogen (secondary N) is 1. The molecule has 23 heavy (non-hydrogen) atoms. The Morgan fingerprint density at radius 3 is 2.65 bits per heavy atom. The molecule has 118 valence electrons. The summed E-state index contributed by atoms with van der Waals surface area (Å²) in [7, 11) is 0. The average Bonchev–Trinajstić information content (AvgIpc) is 2.87. The van der Waals surface area contributed by atoms with Crippen LogP contribution in [0.4, 0.5) is 0 Å². The van der Waals surface area contributed by atoms with E-state index >= 15 is 0 Å². The van der Waals surface area contributed by atoms with Crippen LogP contribution >= 0.6 is 0 Å². The number of rotatable bonds is 3. The third-order valence-electron chi connectivity index (χ3n) is 3.71. The third kappa shape index (κ3) is 2.61. The number of aryl methyl sites for hydroxylation is 1. The first-order chi connectivity index (χ1) is 11.0. The molecule has 1 aromatic heterocycles. The number of hydrogen-bond donors (Lipinski definition) is 2. The zero-order valence-corrected chi connectivity index (χ0v) is 13.3. The Balaban J connectivity index is 2.06. The lowest BCUT2D eigenvalue weighted by Gasteiger charge is -2.23. The van der Waals surface area contributed by atoms with E-state index in [1.54, 1.807) is 0 Å². The van der Waals surface area contributed by atoms with Gasteiger partial charge < -0.3 is 15.2 Å². The number of allylic oxidation sites excluding steroid dienone is 1. The first kappa shape index (κ1) is 15.0. The lowest BCUT2D eigenvalue weighted by molar-refractivity contribution is 0.242. The zero-order chi connectivity index (χ0) is 16.6. The Labute approximate surface area is 134 Å². The van der Waals surface area contributed by atoms with Crippen molar-refractivity contribution in [1.29, 1.82) is 5.26 Å². The van der Waals surface area contributed by atoms with E-state index in [2.05, 4.69) is 16.3 Å². The molecule has 1 aromatic carbocycles.